The third kappa shape index (κ3) is 3.51. The fourth-order valence-corrected chi connectivity index (χ4v) is 3.27. The highest BCUT2D eigenvalue weighted by molar-refractivity contribution is 5.78. The second-order valence-corrected chi connectivity index (χ2v) is 6.42. The Morgan fingerprint density at radius 1 is 1.36 bits per heavy atom. The normalized spacial score (nSPS) is 20.1. The van der Waals surface area contributed by atoms with Gasteiger partial charge >= 0.3 is 0 Å². The average molecular weight is 347 g/mol. The van der Waals surface area contributed by atoms with Gasteiger partial charge in [-0.2, -0.15) is 5.10 Å². The molecule has 2 aromatic rings. The van der Waals surface area contributed by atoms with Gasteiger partial charge in [-0.05, 0) is 38.0 Å². The Hall–Kier alpha value is -2.41. The number of aryl methyl sites for hydroxylation is 2. The Bertz CT molecular complexity index is 773. The first-order valence-corrected chi connectivity index (χ1v) is 8.22. The summed E-state index contributed by atoms with van der Waals surface area (Å²) in [5.74, 6) is 0.0634. The smallest absolute Gasteiger partial charge is 0.261 e. The fraction of sp³-hybridized carbons (Fsp3) is 0.444. The van der Waals surface area contributed by atoms with E-state index in [0.29, 0.717) is 12.2 Å². The number of rotatable bonds is 4. The van der Waals surface area contributed by atoms with Crippen molar-refractivity contribution in [1.29, 1.82) is 0 Å². The minimum atomic E-state index is -0.596. The molecule has 1 N–H and O–H groups in total. The van der Waals surface area contributed by atoms with Crippen LogP contribution in [0.15, 0.2) is 24.3 Å². The molecule has 2 heterocycles. The van der Waals surface area contributed by atoms with E-state index >= 15 is 0 Å². The van der Waals surface area contributed by atoms with Crippen LogP contribution in [-0.2, 0) is 11.8 Å². The summed E-state index contributed by atoms with van der Waals surface area (Å²) in [5, 5.41) is 14.2. The van der Waals surface area contributed by atoms with E-state index in [9.17, 15) is 14.3 Å². The maximum absolute atomic E-state index is 13.1. The number of carbonyl (C=O) groups excluding carboxylic acids is 1. The van der Waals surface area contributed by atoms with Crippen LogP contribution < -0.4 is 4.74 Å². The van der Waals surface area contributed by atoms with Crippen LogP contribution in [0, 0.1) is 19.7 Å². The molecule has 6 nitrogen and oxygen atoms in total. The van der Waals surface area contributed by atoms with Crippen LogP contribution >= 0.6 is 0 Å². The largest absolute Gasteiger partial charge is 0.480 e. The maximum atomic E-state index is 13.1. The number of ether oxygens (including phenoxy) is 1. The number of carbonyl (C=O) groups is 1. The number of halogens is 1. The highest BCUT2D eigenvalue weighted by atomic mass is 19.1. The van der Waals surface area contributed by atoms with Crippen molar-refractivity contribution in [2.24, 2.45) is 7.05 Å². The van der Waals surface area contributed by atoms with Gasteiger partial charge in [-0.1, -0.05) is 12.1 Å². The summed E-state index contributed by atoms with van der Waals surface area (Å²) in [4.78, 5) is 14.2. The minimum Gasteiger partial charge on any atom is -0.480 e. The second-order valence-electron chi connectivity index (χ2n) is 6.42. The summed E-state index contributed by atoms with van der Waals surface area (Å²) in [6.45, 7) is 3.82. The summed E-state index contributed by atoms with van der Waals surface area (Å²) < 4.78 is 20.5. The van der Waals surface area contributed by atoms with Gasteiger partial charge in [0.1, 0.15) is 11.5 Å². The molecule has 0 saturated carbocycles. The first kappa shape index (κ1) is 17.4. The van der Waals surface area contributed by atoms with Crippen LogP contribution in [0.4, 0.5) is 4.39 Å². The van der Waals surface area contributed by atoms with E-state index in [1.165, 1.54) is 12.1 Å². The molecular formula is C18H22FN3O3. The van der Waals surface area contributed by atoms with Crippen molar-refractivity contribution in [2.75, 3.05) is 13.2 Å². The number of benzene rings is 1. The number of hydrogen-bond acceptors (Lipinski definition) is 4. The molecule has 0 spiro atoms. The highest BCUT2D eigenvalue weighted by Crippen LogP contribution is 2.32. The van der Waals surface area contributed by atoms with E-state index in [4.69, 9.17) is 4.74 Å². The number of aliphatic hydroxyl groups excluding tert-OH is 1. The topological polar surface area (TPSA) is 67.6 Å². The van der Waals surface area contributed by atoms with E-state index in [0.717, 1.165) is 17.0 Å². The third-order valence-electron chi connectivity index (χ3n) is 4.64. The van der Waals surface area contributed by atoms with Crippen LogP contribution in [0.1, 0.15) is 29.4 Å². The number of β-amino-alcohol motifs (C(OH)–C–C–N with tert-alkyl or cyclic N) is 1. The monoisotopic (exact) mass is 347 g/mol. The molecule has 1 amide bonds. The van der Waals surface area contributed by atoms with Crippen LogP contribution in [0.25, 0.3) is 0 Å². The van der Waals surface area contributed by atoms with E-state index in [2.05, 4.69) is 5.10 Å². The Morgan fingerprint density at radius 3 is 2.64 bits per heavy atom. The molecule has 0 aliphatic carbocycles. The van der Waals surface area contributed by atoms with Gasteiger partial charge in [0.2, 0.25) is 0 Å². The Kier molecular flexibility index (Phi) is 4.76. The average Bonchev–Trinajstić information content (AvgIpc) is 3.07. The van der Waals surface area contributed by atoms with Crippen molar-refractivity contribution in [3.8, 4) is 5.75 Å². The van der Waals surface area contributed by atoms with Gasteiger partial charge in [-0.3, -0.25) is 9.48 Å². The third-order valence-corrected chi connectivity index (χ3v) is 4.64. The zero-order valence-corrected chi connectivity index (χ0v) is 14.6. The molecule has 2 atom stereocenters. The van der Waals surface area contributed by atoms with Crippen LogP contribution in [0.5, 0.6) is 5.75 Å². The van der Waals surface area contributed by atoms with Gasteiger partial charge < -0.3 is 14.7 Å². The molecule has 134 valence electrons. The second kappa shape index (κ2) is 6.84. The van der Waals surface area contributed by atoms with E-state index in [1.54, 1.807) is 21.7 Å². The molecule has 3 rings (SSSR count). The number of hydrogen-bond donors (Lipinski definition) is 1. The van der Waals surface area contributed by atoms with Crippen LogP contribution in [0.3, 0.4) is 0 Å². The Balaban J connectivity index is 1.72. The molecule has 25 heavy (non-hydrogen) atoms. The van der Waals surface area contributed by atoms with E-state index < -0.39 is 6.10 Å². The molecule has 0 bridgehead atoms. The van der Waals surface area contributed by atoms with Crippen molar-refractivity contribution in [1.82, 2.24) is 14.7 Å². The van der Waals surface area contributed by atoms with Gasteiger partial charge in [0, 0.05) is 13.6 Å². The van der Waals surface area contributed by atoms with Crippen molar-refractivity contribution in [3.05, 3.63) is 47.0 Å². The molecule has 7 heteroatoms. The lowest BCUT2D eigenvalue weighted by molar-refractivity contribution is -0.134. The van der Waals surface area contributed by atoms with Crippen LogP contribution in [0.2, 0.25) is 0 Å². The highest BCUT2D eigenvalue weighted by Gasteiger charge is 2.35. The lowest BCUT2D eigenvalue weighted by Gasteiger charge is -2.24. The van der Waals surface area contributed by atoms with Gasteiger partial charge in [0.05, 0.1) is 17.8 Å². The molecule has 0 radical (unpaired) electrons. The van der Waals surface area contributed by atoms with Gasteiger partial charge in [0.25, 0.3) is 5.91 Å². The summed E-state index contributed by atoms with van der Waals surface area (Å²) in [7, 11) is 1.82. The summed E-state index contributed by atoms with van der Waals surface area (Å²) in [5.41, 5.74) is 2.38. The summed E-state index contributed by atoms with van der Waals surface area (Å²) >= 11 is 0. The molecule has 1 aliphatic heterocycles. The molecule has 1 aliphatic rings. The SMILES string of the molecule is Cc1nn(C)c(C)c1OCC(=O)N1C[C@H](O)C[C@H]1c1ccc(F)cc1. The zero-order valence-electron chi connectivity index (χ0n) is 14.6. The summed E-state index contributed by atoms with van der Waals surface area (Å²) in [6.07, 6.45) is -0.164. The number of aromatic nitrogens is 2. The van der Waals surface area contributed by atoms with Crippen molar-refractivity contribution >= 4 is 5.91 Å². The van der Waals surface area contributed by atoms with Crippen molar-refractivity contribution in [2.45, 2.75) is 32.4 Å². The Morgan fingerprint density at radius 2 is 2.04 bits per heavy atom. The molecule has 1 aromatic heterocycles. The Labute approximate surface area is 145 Å². The molecule has 1 aromatic carbocycles. The van der Waals surface area contributed by atoms with Gasteiger partial charge in [0.15, 0.2) is 12.4 Å². The number of nitrogens with zero attached hydrogens (tertiary/aromatic N) is 3. The number of likely N-dealkylation sites (tertiary alicyclic amines) is 1. The predicted molar refractivity (Wildman–Crippen MR) is 89.7 cm³/mol. The first-order chi connectivity index (χ1) is 11.9. The number of amides is 1. The predicted octanol–water partition coefficient (Wildman–Crippen LogP) is 1.89. The zero-order chi connectivity index (χ0) is 18.1. The fourth-order valence-electron chi connectivity index (χ4n) is 3.27. The van der Waals surface area contributed by atoms with Crippen molar-refractivity contribution < 1.29 is 19.0 Å². The standard InChI is InChI=1S/C18H22FN3O3/c1-11-18(12(2)21(3)20-11)25-10-17(24)22-9-15(23)8-16(22)13-4-6-14(19)7-5-13/h4-7,15-16,23H,8-10H2,1-3H3/t15-,16+/m1/s1. The van der Waals surface area contributed by atoms with Gasteiger partial charge in [-0.25, -0.2) is 4.39 Å². The number of aliphatic hydroxyl groups is 1. The van der Waals surface area contributed by atoms with Crippen LogP contribution in [-0.4, -0.2) is 44.9 Å². The van der Waals surface area contributed by atoms with E-state index in [-0.39, 0.29) is 30.9 Å². The molecular weight excluding hydrogens is 325 g/mol. The summed E-state index contributed by atoms with van der Waals surface area (Å²) in [6, 6.07) is 5.74. The quantitative estimate of drug-likeness (QED) is 0.917. The molecule has 1 saturated heterocycles. The lowest BCUT2D eigenvalue weighted by atomic mass is 10.0. The van der Waals surface area contributed by atoms with E-state index in [1.807, 2.05) is 20.9 Å². The van der Waals surface area contributed by atoms with Crippen molar-refractivity contribution in [3.63, 3.8) is 0 Å². The maximum Gasteiger partial charge on any atom is 0.261 e. The molecule has 1 fully saturated rings. The first-order valence-electron chi connectivity index (χ1n) is 8.22. The lowest BCUT2D eigenvalue weighted by Crippen LogP contribution is -2.35. The molecule has 0 unspecified atom stereocenters. The minimum absolute atomic E-state index is 0.127. The van der Waals surface area contributed by atoms with Gasteiger partial charge in [-0.15, -0.1) is 0 Å².